The van der Waals surface area contributed by atoms with Crippen LogP contribution in [0.25, 0.3) is 11.0 Å². The van der Waals surface area contributed by atoms with Gasteiger partial charge in [0, 0.05) is 11.3 Å². The first-order valence-electron chi connectivity index (χ1n) is 7.62. The Morgan fingerprint density at radius 1 is 1.25 bits per heavy atom. The largest absolute Gasteiger partial charge is 0.485 e. The van der Waals surface area contributed by atoms with Crippen molar-refractivity contribution in [1.82, 2.24) is 0 Å². The third-order valence-electron chi connectivity index (χ3n) is 3.75. The van der Waals surface area contributed by atoms with Gasteiger partial charge in [0.05, 0.1) is 10.6 Å². The molecule has 3 aromatic rings. The van der Waals surface area contributed by atoms with Crippen LogP contribution in [-0.2, 0) is 6.61 Å². The second kappa shape index (κ2) is 6.57. The van der Waals surface area contributed by atoms with Crippen molar-refractivity contribution in [1.29, 1.82) is 0 Å². The van der Waals surface area contributed by atoms with Crippen LogP contribution in [0, 0.1) is 0 Å². The van der Waals surface area contributed by atoms with Gasteiger partial charge in [-0.25, -0.2) is 4.79 Å². The van der Waals surface area contributed by atoms with Gasteiger partial charge in [0.15, 0.2) is 11.3 Å². The zero-order valence-corrected chi connectivity index (χ0v) is 14.1. The molecule has 0 amide bonds. The van der Waals surface area contributed by atoms with E-state index in [2.05, 4.69) is 13.8 Å². The van der Waals surface area contributed by atoms with Crippen molar-refractivity contribution in [2.45, 2.75) is 26.4 Å². The summed E-state index contributed by atoms with van der Waals surface area (Å²) in [5.74, 6) is 0.814. The van der Waals surface area contributed by atoms with Crippen molar-refractivity contribution in [2.75, 3.05) is 0 Å². The molecule has 5 heteroatoms. The van der Waals surface area contributed by atoms with Gasteiger partial charge in [-0.2, -0.15) is 0 Å². The van der Waals surface area contributed by atoms with Crippen molar-refractivity contribution < 1.29 is 19.1 Å². The fourth-order valence-electron chi connectivity index (χ4n) is 2.44. The number of furan rings is 1. The minimum atomic E-state index is -1.05. The minimum Gasteiger partial charge on any atom is -0.485 e. The maximum atomic E-state index is 11.0. The Kier molecular flexibility index (Phi) is 4.49. The highest BCUT2D eigenvalue weighted by Gasteiger charge is 2.13. The van der Waals surface area contributed by atoms with E-state index in [9.17, 15) is 4.79 Å². The predicted octanol–water partition coefficient (Wildman–Crippen LogP) is 5.49. The van der Waals surface area contributed by atoms with E-state index in [4.69, 9.17) is 25.9 Å². The first-order valence-corrected chi connectivity index (χ1v) is 8.00. The lowest BCUT2D eigenvalue weighted by Crippen LogP contribution is -2.00. The summed E-state index contributed by atoms with van der Waals surface area (Å²) in [6.07, 6.45) is 0. The van der Waals surface area contributed by atoms with E-state index in [1.54, 1.807) is 12.1 Å². The number of carbonyl (C=O) groups is 1. The SMILES string of the molecule is CC(C)c1cc2cccc(OCc3ccc(C(=O)O)c(Cl)c3)c2o1. The van der Waals surface area contributed by atoms with Crippen LogP contribution in [0.4, 0.5) is 0 Å². The number of carboxylic acids is 1. The Hall–Kier alpha value is -2.46. The van der Waals surface area contributed by atoms with Gasteiger partial charge >= 0.3 is 5.97 Å². The summed E-state index contributed by atoms with van der Waals surface area (Å²) in [4.78, 5) is 11.0. The number of halogens is 1. The summed E-state index contributed by atoms with van der Waals surface area (Å²) < 4.78 is 11.7. The number of ether oxygens (including phenoxy) is 1. The summed E-state index contributed by atoms with van der Waals surface area (Å²) in [5.41, 5.74) is 1.59. The van der Waals surface area contributed by atoms with E-state index in [-0.39, 0.29) is 17.2 Å². The van der Waals surface area contributed by atoms with Crippen LogP contribution in [0.5, 0.6) is 5.75 Å². The fraction of sp³-hybridized carbons (Fsp3) is 0.211. The first-order chi connectivity index (χ1) is 11.5. The highest BCUT2D eigenvalue weighted by molar-refractivity contribution is 6.33. The van der Waals surface area contributed by atoms with Crippen LogP contribution in [-0.4, -0.2) is 11.1 Å². The normalized spacial score (nSPS) is 11.2. The third kappa shape index (κ3) is 3.24. The monoisotopic (exact) mass is 344 g/mol. The van der Waals surface area contributed by atoms with Crippen LogP contribution < -0.4 is 4.74 Å². The van der Waals surface area contributed by atoms with Crippen LogP contribution >= 0.6 is 11.6 Å². The maximum absolute atomic E-state index is 11.0. The van der Waals surface area contributed by atoms with E-state index < -0.39 is 5.97 Å². The molecule has 4 nitrogen and oxygen atoms in total. The van der Waals surface area contributed by atoms with Gasteiger partial charge < -0.3 is 14.3 Å². The van der Waals surface area contributed by atoms with E-state index >= 15 is 0 Å². The number of carboxylic acid groups (broad SMARTS) is 1. The quantitative estimate of drug-likeness (QED) is 0.665. The number of hydrogen-bond donors (Lipinski definition) is 1. The molecule has 0 saturated heterocycles. The molecule has 0 aliphatic rings. The van der Waals surface area contributed by atoms with Gasteiger partial charge in [0.25, 0.3) is 0 Å². The van der Waals surface area contributed by atoms with Crippen LogP contribution in [0.2, 0.25) is 5.02 Å². The highest BCUT2D eigenvalue weighted by atomic mass is 35.5. The van der Waals surface area contributed by atoms with Gasteiger partial charge in [-0.15, -0.1) is 0 Å². The zero-order chi connectivity index (χ0) is 17.3. The second-order valence-electron chi connectivity index (χ2n) is 5.89. The molecule has 0 aliphatic heterocycles. The number of fused-ring (bicyclic) bond motifs is 1. The molecule has 3 rings (SSSR count). The van der Waals surface area contributed by atoms with Gasteiger partial charge in [-0.05, 0) is 29.8 Å². The Balaban J connectivity index is 1.83. The van der Waals surface area contributed by atoms with Gasteiger partial charge in [-0.1, -0.05) is 43.6 Å². The van der Waals surface area contributed by atoms with Crippen molar-refractivity contribution in [3.8, 4) is 5.75 Å². The molecule has 0 bridgehead atoms. The molecule has 0 saturated carbocycles. The Bertz CT molecular complexity index is 896. The summed E-state index contributed by atoms with van der Waals surface area (Å²) >= 11 is 5.98. The van der Waals surface area contributed by atoms with E-state index in [0.29, 0.717) is 11.7 Å². The molecule has 0 unspecified atom stereocenters. The predicted molar refractivity (Wildman–Crippen MR) is 93.0 cm³/mol. The number of rotatable bonds is 5. The zero-order valence-electron chi connectivity index (χ0n) is 13.4. The van der Waals surface area contributed by atoms with Gasteiger partial charge in [0.1, 0.15) is 12.4 Å². The standard InChI is InChI=1S/C19H17ClO4/c1-11(2)17-9-13-4-3-5-16(18(13)24-17)23-10-12-6-7-14(19(21)22)15(20)8-12/h3-9,11H,10H2,1-2H3,(H,21,22). The fourth-order valence-corrected chi connectivity index (χ4v) is 2.72. The molecule has 0 aliphatic carbocycles. The maximum Gasteiger partial charge on any atom is 0.337 e. The van der Waals surface area contributed by atoms with E-state index in [1.807, 2.05) is 24.3 Å². The smallest absolute Gasteiger partial charge is 0.337 e. The minimum absolute atomic E-state index is 0.0788. The van der Waals surface area contributed by atoms with Crippen molar-refractivity contribution in [3.63, 3.8) is 0 Å². The van der Waals surface area contributed by atoms with Crippen molar-refractivity contribution in [2.24, 2.45) is 0 Å². The molecular formula is C19H17ClO4. The number of hydrogen-bond acceptors (Lipinski definition) is 3. The van der Waals surface area contributed by atoms with Crippen LogP contribution in [0.1, 0.15) is 41.4 Å². The molecule has 0 fully saturated rings. The molecule has 2 aromatic carbocycles. The highest BCUT2D eigenvalue weighted by Crippen LogP contribution is 2.32. The number of aromatic carboxylic acids is 1. The molecule has 124 valence electrons. The lowest BCUT2D eigenvalue weighted by Gasteiger charge is -2.08. The summed E-state index contributed by atoms with van der Waals surface area (Å²) in [6, 6.07) is 12.5. The Labute approximate surface area is 144 Å². The molecule has 1 heterocycles. The third-order valence-corrected chi connectivity index (χ3v) is 4.07. The molecule has 0 radical (unpaired) electrons. The second-order valence-corrected chi connectivity index (χ2v) is 6.29. The Morgan fingerprint density at radius 3 is 2.71 bits per heavy atom. The van der Waals surface area contributed by atoms with E-state index in [1.165, 1.54) is 6.07 Å². The average molecular weight is 345 g/mol. The topological polar surface area (TPSA) is 59.7 Å². The molecule has 0 atom stereocenters. The van der Waals surface area contributed by atoms with E-state index in [0.717, 1.165) is 22.3 Å². The van der Waals surface area contributed by atoms with Crippen molar-refractivity contribution >= 4 is 28.5 Å². The molecular weight excluding hydrogens is 328 g/mol. The number of para-hydroxylation sites is 1. The lowest BCUT2D eigenvalue weighted by atomic mass is 10.1. The summed E-state index contributed by atoms with van der Waals surface area (Å²) in [6.45, 7) is 4.42. The molecule has 1 N–H and O–H groups in total. The van der Waals surface area contributed by atoms with Crippen LogP contribution in [0.3, 0.4) is 0 Å². The number of benzene rings is 2. The average Bonchev–Trinajstić information content (AvgIpc) is 2.97. The lowest BCUT2D eigenvalue weighted by molar-refractivity contribution is 0.0697. The van der Waals surface area contributed by atoms with Crippen molar-refractivity contribution in [3.05, 3.63) is 64.4 Å². The van der Waals surface area contributed by atoms with Gasteiger partial charge in [0.2, 0.25) is 0 Å². The Morgan fingerprint density at radius 2 is 2.04 bits per heavy atom. The molecule has 0 spiro atoms. The summed E-state index contributed by atoms with van der Waals surface area (Å²) in [5, 5.41) is 10.2. The van der Waals surface area contributed by atoms with Crippen LogP contribution in [0.15, 0.2) is 46.9 Å². The van der Waals surface area contributed by atoms with Gasteiger partial charge in [-0.3, -0.25) is 0 Å². The first kappa shape index (κ1) is 16.4. The molecule has 1 aromatic heterocycles. The summed E-state index contributed by atoms with van der Waals surface area (Å²) in [7, 11) is 0. The molecule has 24 heavy (non-hydrogen) atoms.